The first-order valence-electron chi connectivity index (χ1n) is 12.7. The molecule has 5 heteroatoms. The summed E-state index contributed by atoms with van der Waals surface area (Å²) in [6.45, 7) is 9.61. The molecule has 0 amide bonds. The molecule has 2 aliphatic rings. The first kappa shape index (κ1) is 23.4. The van der Waals surface area contributed by atoms with Gasteiger partial charge in [-0.2, -0.15) is 0 Å². The number of carbonyl (C=O) groups is 1. The largest absolute Gasteiger partial charge is 0.368 e. The average Bonchev–Trinajstić information content (AvgIpc) is 3.50. The Labute approximate surface area is 207 Å². The molecule has 1 saturated carbocycles. The number of hydrogen-bond acceptors (Lipinski definition) is 5. The molecule has 5 nitrogen and oxygen atoms in total. The number of aromatic nitrogens is 2. The van der Waals surface area contributed by atoms with Gasteiger partial charge in [-0.3, -0.25) is 9.79 Å². The highest BCUT2D eigenvalue weighted by atomic mass is 16.1. The average molecular weight is 467 g/mol. The number of Topliss-reactive ketones (excluding diaryl/α,β-unsaturated/α-hetero) is 1. The van der Waals surface area contributed by atoms with Crippen molar-refractivity contribution in [1.29, 1.82) is 0 Å². The van der Waals surface area contributed by atoms with Gasteiger partial charge in [0.15, 0.2) is 5.78 Å². The van der Waals surface area contributed by atoms with Crippen molar-refractivity contribution in [3.63, 3.8) is 0 Å². The second-order valence-electron chi connectivity index (χ2n) is 10.7. The number of ketones is 1. The molecule has 1 aromatic heterocycles. The standard InChI is InChI=1S/C30H34N4O/c1-18(2)30(4,23-12-10-20(11-13-23)22-15-33-29(31)34-16-22)28-25-7-5-6-24(26(25)17-32-28)27(35)21-9-8-19(3)14-21/h5-7,10-13,15-16,18-19,21H,8-9,14,17H2,1-4H3,(H2,31,33,34). The molecule has 1 aliphatic heterocycles. The van der Waals surface area contributed by atoms with E-state index in [2.05, 4.69) is 68.0 Å². The molecule has 3 atom stereocenters. The predicted octanol–water partition coefficient (Wildman–Crippen LogP) is 6.26. The van der Waals surface area contributed by atoms with Crippen LogP contribution >= 0.6 is 0 Å². The number of rotatable bonds is 6. The summed E-state index contributed by atoms with van der Waals surface area (Å²) in [5.74, 6) is 1.69. The van der Waals surface area contributed by atoms with E-state index < -0.39 is 0 Å². The molecule has 0 spiro atoms. The minimum Gasteiger partial charge on any atom is -0.368 e. The van der Waals surface area contributed by atoms with E-state index in [4.69, 9.17) is 10.7 Å². The van der Waals surface area contributed by atoms with E-state index in [0.717, 1.165) is 52.8 Å². The normalized spacial score (nSPS) is 21.0. The van der Waals surface area contributed by atoms with E-state index in [1.54, 1.807) is 12.4 Å². The Kier molecular flexibility index (Phi) is 6.04. The van der Waals surface area contributed by atoms with Crippen LogP contribution in [0.4, 0.5) is 5.95 Å². The summed E-state index contributed by atoms with van der Waals surface area (Å²) in [6.07, 6.45) is 6.66. The fourth-order valence-electron chi connectivity index (χ4n) is 5.80. The highest BCUT2D eigenvalue weighted by Gasteiger charge is 2.40. The molecule has 5 rings (SSSR count). The summed E-state index contributed by atoms with van der Waals surface area (Å²) in [7, 11) is 0. The van der Waals surface area contributed by atoms with Gasteiger partial charge in [0.1, 0.15) is 0 Å². The van der Waals surface area contributed by atoms with Gasteiger partial charge in [-0.05, 0) is 54.7 Å². The molecule has 0 bridgehead atoms. The lowest BCUT2D eigenvalue weighted by atomic mass is 9.67. The van der Waals surface area contributed by atoms with Gasteiger partial charge < -0.3 is 5.73 Å². The third kappa shape index (κ3) is 4.07. The molecular weight excluding hydrogens is 432 g/mol. The first-order valence-corrected chi connectivity index (χ1v) is 12.7. The smallest absolute Gasteiger partial charge is 0.219 e. The number of aliphatic imine (C=N–C) groups is 1. The SMILES string of the molecule is CC1CCC(C(=O)c2cccc3c2CN=C3C(C)(c2ccc(-c3cnc(N)nc3)cc2)C(C)C)C1. The van der Waals surface area contributed by atoms with E-state index in [1.165, 1.54) is 5.56 Å². The zero-order valence-corrected chi connectivity index (χ0v) is 21.1. The minimum atomic E-state index is -0.287. The lowest BCUT2D eigenvalue weighted by Gasteiger charge is -2.35. The van der Waals surface area contributed by atoms with Crippen LogP contribution in [0.25, 0.3) is 11.1 Å². The van der Waals surface area contributed by atoms with Crippen molar-refractivity contribution in [1.82, 2.24) is 9.97 Å². The monoisotopic (exact) mass is 466 g/mol. The molecule has 0 radical (unpaired) electrons. The summed E-state index contributed by atoms with van der Waals surface area (Å²) in [4.78, 5) is 26.8. The van der Waals surface area contributed by atoms with E-state index in [1.807, 2.05) is 12.1 Å². The van der Waals surface area contributed by atoms with E-state index in [9.17, 15) is 4.79 Å². The van der Waals surface area contributed by atoms with Gasteiger partial charge in [-0.1, -0.05) is 63.2 Å². The van der Waals surface area contributed by atoms with Crippen LogP contribution < -0.4 is 5.73 Å². The Morgan fingerprint density at radius 2 is 1.74 bits per heavy atom. The summed E-state index contributed by atoms with van der Waals surface area (Å²) in [5, 5.41) is 0. The quantitative estimate of drug-likeness (QED) is 0.435. The van der Waals surface area contributed by atoms with Gasteiger partial charge in [0.2, 0.25) is 5.95 Å². The number of hydrogen-bond donors (Lipinski definition) is 1. The third-order valence-electron chi connectivity index (χ3n) is 8.29. The number of nitrogens with zero attached hydrogens (tertiary/aromatic N) is 3. The van der Waals surface area contributed by atoms with Crippen molar-refractivity contribution in [2.75, 3.05) is 5.73 Å². The van der Waals surface area contributed by atoms with Crippen LogP contribution in [-0.2, 0) is 12.0 Å². The zero-order chi connectivity index (χ0) is 24.7. The molecule has 2 heterocycles. The maximum Gasteiger partial charge on any atom is 0.219 e. The topological polar surface area (TPSA) is 81.2 Å². The van der Waals surface area contributed by atoms with E-state index in [-0.39, 0.29) is 17.3 Å². The lowest BCUT2D eigenvalue weighted by Crippen LogP contribution is -2.38. The first-order chi connectivity index (χ1) is 16.8. The Morgan fingerprint density at radius 1 is 1.03 bits per heavy atom. The molecule has 3 unspecified atom stereocenters. The lowest BCUT2D eigenvalue weighted by molar-refractivity contribution is 0.0919. The molecule has 2 aromatic carbocycles. The molecular formula is C30H34N4O. The molecule has 180 valence electrons. The van der Waals surface area contributed by atoms with Crippen molar-refractivity contribution in [2.24, 2.45) is 22.7 Å². The number of carbonyl (C=O) groups excluding carboxylic acids is 1. The van der Waals surface area contributed by atoms with Gasteiger partial charge >= 0.3 is 0 Å². The maximum atomic E-state index is 13.4. The molecule has 35 heavy (non-hydrogen) atoms. The van der Waals surface area contributed by atoms with Gasteiger partial charge in [-0.15, -0.1) is 0 Å². The Morgan fingerprint density at radius 3 is 2.37 bits per heavy atom. The maximum absolute atomic E-state index is 13.4. The molecule has 3 aromatic rings. The second kappa shape index (κ2) is 9.03. The minimum absolute atomic E-state index is 0.155. The van der Waals surface area contributed by atoms with Crippen LogP contribution in [0.3, 0.4) is 0 Å². The van der Waals surface area contributed by atoms with Crippen molar-refractivity contribution in [2.45, 2.75) is 58.9 Å². The number of anilines is 1. The second-order valence-corrected chi connectivity index (χ2v) is 10.7. The number of nitrogens with two attached hydrogens (primary N) is 1. The van der Waals surface area contributed by atoms with Crippen LogP contribution in [0.5, 0.6) is 0 Å². The number of fused-ring (bicyclic) bond motifs is 1. The van der Waals surface area contributed by atoms with Crippen molar-refractivity contribution in [3.05, 3.63) is 77.1 Å². The van der Waals surface area contributed by atoms with Crippen LogP contribution in [0.15, 0.2) is 59.9 Å². The summed E-state index contributed by atoms with van der Waals surface area (Å²) in [5.41, 5.74) is 12.8. The summed E-state index contributed by atoms with van der Waals surface area (Å²) >= 11 is 0. The molecule has 1 fully saturated rings. The van der Waals surface area contributed by atoms with Crippen molar-refractivity contribution < 1.29 is 4.79 Å². The number of nitrogen functional groups attached to an aromatic ring is 1. The van der Waals surface area contributed by atoms with E-state index in [0.29, 0.717) is 24.2 Å². The van der Waals surface area contributed by atoms with Crippen LogP contribution in [0, 0.1) is 17.8 Å². The van der Waals surface area contributed by atoms with E-state index >= 15 is 0 Å². The summed E-state index contributed by atoms with van der Waals surface area (Å²) < 4.78 is 0. The highest BCUT2D eigenvalue weighted by Crippen LogP contribution is 2.42. The highest BCUT2D eigenvalue weighted by molar-refractivity contribution is 6.13. The summed E-state index contributed by atoms with van der Waals surface area (Å²) in [6, 6.07) is 14.8. The molecule has 2 N–H and O–H groups in total. The predicted molar refractivity (Wildman–Crippen MR) is 142 cm³/mol. The van der Waals surface area contributed by atoms with Crippen LogP contribution in [0.2, 0.25) is 0 Å². The van der Waals surface area contributed by atoms with Crippen molar-refractivity contribution >= 4 is 17.4 Å². The fourth-order valence-corrected chi connectivity index (χ4v) is 5.80. The Balaban J connectivity index is 1.49. The third-order valence-corrected chi connectivity index (χ3v) is 8.29. The van der Waals surface area contributed by atoms with Crippen molar-refractivity contribution in [3.8, 4) is 11.1 Å². The van der Waals surface area contributed by atoms with Gasteiger partial charge in [0, 0.05) is 40.4 Å². The Bertz CT molecular complexity index is 1280. The zero-order valence-electron chi connectivity index (χ0n) is 21.1. The van der Waals surface area contributed by atoms with Crippen LogP contribution in [-0.4, -0.2) is 21.5 Å². The van der Waals surface area contributed by atoms with Gasteiger partial charge in [0.25, 0.3) is 0 Å². The van der Waals surface area contributed by atoms with Gasteiger partial charge in [-0.25, -0.2) is 9.97 Å². The Hall–Kier alpha value is -3.34. The van der Waals surface area contributed by atoms with Gasteiger partial charge in [0.05, 0.1) is 12.3 Å². The molecule has 0 saturated heterocycles. The number of benzene rings is 2. The molecule has 1 aliphatic carbocycles. The van der Waals surface area contributed by atoms with Crippen LogP contribution in [0.1, 0.15) is 74.0 Å². The fraction of sp³-hybridized carbons (Fsp3) is 0.400.